The van der Waals surface area contributed by atoms with Gasteiger partial charge in [-0.2, -0.15) is 15.8 Å². The van der Waals surface area contributed by atoms with Crippen molar-refractivity contribution in [2.24, 2.45) is 5.92 Å². The predicted molar refractivity (Wildman–Crippen MR) is 82.4 cm³/mol. The van der Waals surface area contributed by atoms with Crippen LogP contribution in [0.1, 0.15) is 13.8 Å². The summed E-state index contributed by atoms with van der Waals surface area (Å²) >= 11 is 6.01. The van der Waals surface area contributed by atoms with Crippen LogP contribution in [0.5, 0.6) is 0 Å². The Labute approximate surface area is 133 Å². The van der Waals surface area contributed by atoms with Gasteiger partial charge in [0.15, 0.2) is 5.57 Å². The van der Waals surface area contributed by atoms with Gasteiger partial charge in [-0.05, 0) is 18.2 Å². The van der Waals surface area contributed by atoms with Crippen molar-refractivity contribution >= 4 is 28.9 Å². The molecule has 7 heteroatoms. The fraction of sp³-hybridized carbons (Fsp3) is 0.200. The smallest absolute Gasteiger partial charge is 0.226 e. The molecule has 6 nitrogen and oxygen atoms in total. The van der Waals surface area contributed by atoms with Crippen LogP contribution in [0.4, 0.5) is 11.4 Å². The standard InChI is InChI=1S/C15H12ClN5O/c1-9(2)15(22)20-11-3-4-12(16)13(5-11)21-14(8-19)10(6-17)7-18/h3-5,9,21H,1-2H3,(H,20,22). The molecule has 0 unspecified atom stereocenters. The lowest BCUT2D eigenvalue weighted by molar-refractivity contribution is -0.118. The number of hydrogen-bond acceptors (Lipinski definition) is 5. The van der Waals surface area contributed by atoms with Crippen LogP contribution in [0.15, 0.2) is 29.5 Å². The summed E-state index contributed by atoms with van der Waals surface area (Å²) in [5.41, 5.74) is 0.232. The molecule has 2 N–H and O–H groups in total. The lowest BCUT2D eigenvalue weighted by atomic mass is 10.2. The van der Waals surface area contributed by atoms with Gasteiger partial charge in [-0.3, -0.25) is 4.79 Å². The quantitative estimate of drug-likeness (QED) is 0.829. The molecule has 0 spiro atoms. The molecule has 0 fully saturated rings. The van der Waals surface area contributed by atoms with E-state index < -0.39 is 0 Å². The number of hydrogen-bond donors (Lipinski definition) is 2. The zero-order valence-corrected chi connectivity index (χ0v) is 12.7. The molecule has 1 aromatic rings. The summed E-state index contributed by atoms with van der Waals surface area (Å²) in [6, 6.07) is 9.65. The number of carbonyl (C=O) groups excluding carboxylic acids is 1. The van der Waals surface area contributed by atoms with Crippen molar-refractivity contribution in [2.75, 3.05) is 10.6 Å². The van der Waals surface area contributed by atoms with Gasteiger partial charge in [-0.15, -0.1) is 0 Å². The molecule has 0 heterocycles. The van der Waals surface area contributed by atoms with E-state index in [1.54, 1.807) is 38.1 Å². The Morgan fingerprint density at radius 1 is 1.14 bits per heavy atom. The number of allylic oxidation sites excluding steroid dienone is 2. The normalized spacial score (nSPS) is 9.14. The summed E-state index contributed by atoms with van der Waals surface area (Å²) in [7, 11) is 0. The molecule has 0 saturated heterocycles. The average Bonchev–Trinajstić information content (AvgIpc) is 2.50. The van der Waals surface area contributed by atoms with Gasteiger partial charge in [-0.1, -0.05) is 25.4 Å². The van der Waals surface area contributed by atoms with Gasteiger partial charge < -0.3 is 10.6 Å². The molecular formula is C15H12ClN5O. The first-order valence-electron chi connectivity index (χ1n) is 6.25. The molecule has 22 heavy (non-hydrogen) atoms. The molecule has 0 saturated carbocycles. The zero-order chi connectivity index (χ0) is 16.7. The third-order valence-electron chi connectivity index (χ3n) is 2.60. The number of anilines is 2. The molecule has 0 radical (unpaired) electrons. The van der Waals surface area contributed by atoms with Gasteiger partial charge in [0.05, 0.1) is 10.7 Å². The number of carbonyl (C=O) groups is 1. The lowest BCUT2D eigenvalue weighted by Crippen LogP contribution is -2.17. The van der Waals surface area contributed by atoms with Crippen LogP contribution in [0, 0.1) is 39.9 Å². The number of halogens is 1. The highest BCUT2D eigenvalue weighted by atomic mass is 35.5. The van der Waals surface area contributed by atoms with Crippen molar-refractivity contribution in [1.82, 2.24) is 0 Å². The van der Waals surface area contributed by atoms with Crippen molar-refractivity contribution in [3.05, 3.63) is 34.5 Å². The van der Waals surface area contributed by atoms with Crippen LogP contribution in [0.25, 0.3) is 0 Å². The average molecular weight is 314 g/mol. The molecule has 1 aromatic carbocycles. The van der Waals surface area contributed by atoms with E-state index in [4.69, 9.17) is 27.4 Å². The number of nitriles is 3. The highest BCUT2D eigenvalue weighted by molar-refractivity contribution is 6.33. The Hall–Kier alpha value is -3.01. The van der Waals surface area contributed by atoms with E-state index in [1.807, 2.05) is 0 Å². The van der Waals surface area contributed by atoms with E-state index in [1.165, 1.54) is 12.1 Å². The number of benzene rings is 1. The fourth-order valence-corrected chi connectivity index (χ4v) is 1.57. The first-order chi connectivity index (χ1) is 10.4. The van der Waals surface area contributed by atoms with Gasteiger partial charge in [-0.25, -0.2) is 0 Å². The third-order valence-corrected chi connectivity index (χ3v) is 2.93. The summed E-state index contributed by atoms with van der Waals surface area (Å²) in [6.07, 6.45) is 0. The predicted octanol–water partition coefficient (Wildman–Crippen LogP) is 3.17. The van der Waals surface area contributed by atoms with Crippen LogP contribution >= 0.6 is 11.6 Å². The van der Waals surface area contributed by atoms with Gasteiger partial charge in [0.1, 0.15) is 23.9 Å². The monoisotopic (exact) mass is 313 g/mol. The maximum absolute atomic E-state index is 11.7. The topological polar surface area (TPSA) is 112 Å². The molecule has 0 aliphatic carbocycles. The van der Waals surface area contributed by atoms with Crippen LogP contribution in [-0.2, 0) is 4.79 Å². The van der Waals surface area contributed by atoms with E-state index in [0.29, 0.717) is 11.4 Å². The van der Waals surface area contributed by atoms with Gasteiger partial charge in [0, 0.05) is 11.6 Å². The van der Waals surface area contributed by atoms with E-state index in [-0.39, 0.29) is 28.1 Å². The minimum atomic E-state index is -0.352. The molecule has 0 atom stereocenters. The number of rotatable bonds is 4. The zero-order valence-electron chi connectivity index (χ0n) is 11.9. The van der Waals surface area contributed by atoms with E-state index >= 15 is 0 Å². The Kier molecular flexibility index (Phi) is 5.96. The summed E-state index contributed by atoms with van der Waals surface area (Å²) in [5.74, 6) is -0.357. The second kappa shape index (κ2) is 7.69. The van der Waals surface area contributed by atoms with E-state index in [2.05, 4.69) is 10.6 Å². The van der Waals surface area contributed by atoms with Gasteiger partial charge >= 0.3 is 0 Å². The Balaban J connectivity index is 3.14. The van der Waals surface area contributed by atoms with Crippen LogP contribution in [-0.4, -0.2) is 5.91 Å². The van der Waals surface area contributed by atoms with E-state index in [0.717, 1.165) is 0 Å². The summed E-state index contributed by atoms with van der Waals surface area (Å²) in [6.45, 7) is 3.51. The minimum Gasteiger partial charge on any atom is -0.344 e. The fourth-order valence-electron chi connectivity index (χ4n) is 1.40. The second-order valence-electron chi connectivity index (χ2n) is 4.55. The summed E-state index contributed by atoms with van der Waals surface area (Å²) < 4.78 is 0. The molecule has 0 aliphatic rings. The highest BCUT2D eigenvalue weighted by Crippen LogP contribution is 2.27. The molecule has 0 aliphatic heterocycles. The second-order valence-corrected chi connectivity index (χ2v) is 4.96. The Bertz CT molecular complexity index is 731. The maximum Gasteiger partial charge on any atom is 0.226 e. The SMILES string of the molecule is CC(C)C(=O)Nc1ccc(Cl)c(NC(C#N)=C(C#N)C#N)c1. The molecule has 1 rings (SSSR count). The van der Waals surface area contributed by atoms with Crippen LogP contribution < -0.4 is 10.6 Å². The highest BCUT2D eigenvalue weighted by Gasteiger charge is 2.11. The number of amides is 1. The van der Waals surface area contributed by atoms with Crippen molar-refractivity contribution in [3.63, 3.8) is 0 Å². The van der Waals surface area contributed by atoms with Crippen molar-refractivity contribution in [1.29, 1.82) is 15.8 Å². The number of nitrogens with one attached hydrogen (secondary N) is 2. The van der Waals surface area contributed by atoms with Gasteiger partial charge in [0.2, 0.25) is 5.91 Å². The van der Waals surface area contributed by atoms with Crippen molar-refractivity contribution < 1.29 is 4.79 Å². The maximum atomic E-state index is 11.7. The van der Waals surface area contributed by atoms with Gasteiger partial charge in [0.25, 0.3) is 0 Å². The van der Waals surface area contributed by atoms with Crippen molar-refractivity contribution in [2.45, 2.75) is 13.8 Å². The first kappa shape index (κ1) is 17.0. The molecule has 110 valence electrons. The summed E-state index contributed by atoms with van der Waals surface area (Å²) in [5, 5.41) is 32.2. The van der Waals surface area contributed by atoms with Crippen molar-refractivity contribution in [3.8, 4) is 18.2 Å². The Morgan fingerprint density at radius 3 is 2.27 bits per heavy atom. The van der Waals surface area contributed by atoms with Crippen LogP contribution in [0.2, 0.25) is 5.02 Å². The largest absolute Gasteiger partial charge is 0.344 e. The van der Waals surface area contributed by atoms with Crippen LogP contribution in [0.3, 0.4) is 0 Å². The molecule has 1 amide bonds. The third kappa shape index (κ3) is 4.24. The molecule has 0 aromatic heterocycles. The lowest BCUT2D eigenvalue weighted by Gasteiger charge is -2.11. The minimum absolute atomic E-state index is 0.168. The Morgan fingerprint density at radius 2 is 1.77 bits per heavy atom. The molecular weight excluding hydrogens is 302 g/mol. The van der Waals surface area contributed by atoms with E-state index in [9.17, 15) is 4.79 Å². The first-order valence-corrected chi connectivity index (χ1v) is 6.62. The summed E-state index contributed by atoms with van der Waals surface area (Å²) in [4.78, 5) is 11.7. The number of nitrogens with zero attached hydrogens (tertiary/aromatic N) is 3. The molecule has 0 bridgehead atoms.